The van der Waals surface area contributed by atoms with Crippen molar-refractivity contribution in [2.24, 2.45) is 0 Å². The molecule has 2 unspecified atom stereocenters. The number of amides is 4. The van der Waals surface area contributed by atoms with Crippen LogP contribution in [0.25, 0.3) is 0 Å². The second-order valence-corrected chi connectivity index (χ2v) is 7.43. The van der Waals surface area contributed by atoms with E-state index in [1.807, 2.05) is 19.0 Å². The van der Waals surface area contributed by atoms with Crippen molar-refractivity contribution in [1.82, 2.24) is 25.5 Å². The van der Waals surface area contributed by atoms with E-state index in [1.54, 1.807) is 0 Å². The Kier molecular flexibility index (Phi) is 8.09. The van der Waals surface area contributed by atoms with E-state index < -0.39 is 17.8 Å². The lowest BCUT2D eigenvalue weighted by Gasteiger charge is -2.41. The molecule has 0 aromatic rings. The summed E-state index contributed by atoms with van der Waals surface area (Å²) in [7, 11) is 3.88. The Hall–Kier alpha value is -2.53. The molecule has 0 radical (unpaired) electrons. The predicted molar refractivity (Wildman–Crippen MR) is 101 cm³/mol. The number of rotatable bonds is 8. The molecule has 0 saturated carbocycles. The van der Waals surface area contributed by atoms with Crippen molar-refractivity contribution in [3.8, 4) is 0 Å². The maximum atomic E-state index is 12.3. The van der Waals surface area contributed by atoms with Crippen molar-refractivity contribution >= 4 is 29.6 Å². The maximum absolute atomic E-state index is 12.3. The Morgan fingerprint density at radius 3 is 2.24 bits per heavy atom. The van der Waals surface area contributed by atoms with Gasteiger partial charge in [-0.1, -0.05) is 0 Å². The summed E-state index contributed by atoms with van der Waals surface area (Å²) in [5.74, 6) is -2.32. The van der Waals surface area contributed by atoms with Gasteiger partial charge in [0.2, 0.25) is 11.8 Å². The maximum Gasteiger partial charge on any atom is 0.334 e. The number of nitrogens with zero attached hydrogens (tertiary/aromatic N) is 3. The summed E-state index contributed by atoms with van der Waals surface area (Å²) in [6.07, 6.45) is -0.0415. The highest BCUT2D eigenvalue weighted by atomic mass is 16.8. The standard InChI is InChI=1S/C18H29N5O6/c1-12-10-22(3)13(11-21(12)2)18(28)20-8-6-14(24)19-9-7-17(27)29-23-15(25)4-5-16(23)26/h12-13H,4-11H2,1-3H3,(H,19,24)(H,20,28)/i2+1,3+1,7+1,9+1,10+1,12+1,14+1,17+1,19+1. The van der Waals surface area contributed by atoms with Crippen LogP contribution < -0.4 is 10.6 Å². The first-order valence-corrected chi connectivity index (χ1v) is 9.70. The lowest BCUT2D eigenvalue weighted by atomic mass is 10.2. The van der Waals surface area contributed by atoms with E-state index in [0.29, 0.717) is 17.6 Å². The quantitative estimate of drug-likeness (QED) is 0.269. The van der Waals surface area contributed by atoms with Crippen LogP contribution in [0.2, 0.25) is 0 Å². The van der Waals surface area contributed by atoms with E-state index in [9.17, 15) is 24.0 Å². The van der Waals surface area contributed by atoms with Gasteiger partial charge in [0.1, 0.15) is 6.04 Å². The average Bonchev–Trinajstić information content (AvgIpc) is 2.96. The first-order chi connectivity index (χ1) is 13.7. The molecule has 2 atom stereocenters. The fourth-order valence-corrected chi connectivity index (χ4v) is 3.17. The van der Waals surface area contributed by atoms with E-state index in [0.717, 1.165) is 6.54 Å². The van der Waals surface area contributed by atoms with Gasteiger partial charge in [0.05, 0.1) is 6.42 Å². The highest BCUT2D eigenvalue weighted by Gasteiger charge is 2.33. The summed E-state index contributed by atoms with van der Waals surface area (Å²) in [5.41, 5.74) is 0. The summed E-state index contributed by atoms with van der Waals surface area (Å²) in [5, 5.41) is 5.77. The minimum absolute atomic E-state index is 0.00980. The van der Waals surface area contributed by atoms with E-state index in [1.165, 1.54) is 0 Å². The average molecular weight is 420 g/mol. The molecule has 11 heteroatoms. The van der Waals surface area contributed by atoms with Crippen molar-refractivity contribution in [3.63, 3.8) is 0 Å². The van der Waals surface area contributed by atoms with Gasteiger partial charge in [0.25, 0.3) is 11.8 Å². The van der Waals surface area contributed by atoms with Gasteiger partial charge in [-0.25, -0.2) is 4.79 Å². The molecular weight excluding hydrogens is 391 g/mol. The van der Waals surface area contributed by atoms with Crippen LogP contribution in [-0.4, -0.2) is 96.8 Å². The van der Waals surface area contributed by atoms with Gasteiger partial charge >= 0.3 is 5.97 Å². The first kappa shape index (κ1) is 22.8. The zero-order chi connectivity index (χ0) is 21.6. The second-order valence-electron chi connectivity index (χ2n) is 7.43. The van der Waals surface area contributed by atoms with E-state index >= 15 is 0 Å². The summed E-state index contributed by atoms with van der Waals surface area (Å²) in [6, 6.07) is 0.119. The molecule has 2 heterocycles. The molecule has 2 saturated heterocycles. The molecule has 0 aromatic carbocycles. The van der Waals surface area contributed by atoms with Gasteiger partial charge in [-0.15, -0.1) is 5.06 Å². The van der Waals surface area contributed by atoms with Crippen LogP contribution in [0, 0.1) is 0 Å². The molecule has 2 N–H and O–H groups in total. The number of likely N-dealkylation sites (N-methyl/N-ethyl adjacent to an activating group) is 2. The molecular formula is C18H29N5O6. The Balaban J connectivity index is 1.60. The monoisotopic (exact) mass is 420 g/mol. The largest absolute Gasteiger partial charge is 0.355 e. The van der Waals surface area contributed by atoms with Crippen LogP contribution in [0.15, 0.2) is 0 Å². The zero-order valence-corrected chi connectivity index (χ0v) is 17.1. The van der Waals surface area contributed by atoms with Gasteiger partial charge < -0.3 is 20.4 Å². The molecule has 2 aliphatic rings. The van der Waals surface area contributed by atoms with Crippen molar-refractivity contribution < 1.29 is 28.8 Å². The van der Waals surface area contributed by atoms with Gasteiger partial charge in [-0.2, -0.15) is 0 Å². The fraction of sp³-hybridized carbons (Fsp3) is 0.722. The summed E-state index contributed by atoms with van der Waals surface area (Å²) >= 11 is 0. The number of hydrogen-bond donors (Lipinski definition) is 2. The van der Waals surface area contributed by atoms with E-state index in [4.69, 9.17) is 4.84 Å². The van der Waals surface area contributed by atoms with Gasteiger partial charge in [-0.05, 0) is 21.0 Å². The van der Waals surface area contributed by atoms with E-state index in [-0.39, 0.29) is 56.6 Å². The molecule has 2 fully saturated rings. The van der Waals surface area contributed by atoms with Crippen molar-refractivity contribution in [3.05, 3.63) is 0 Å². The Morgan fingerprint density at radius 2 is 1.59 bits per heavy atom. The minimum Gasteiger partial charge on any atom is -0.355 e. The topological polar surface area (TPSA) is 128 Å². The highest BCUT2D eigenvalue weighted by Crippen LogP contribution is 2.13. The van der Waals surface area contributed by atoms with Crippen molar-refractivity contribution in [2.75, 3.05) is 40.3 Å². The molecule has 4 amide bonds. The SMILES string of the molecule is C[13CH]1[13CH2]N([13CH3])C(C(=O)NCC[13C](=O)[15NH][13CH2][13CH2][13C](=O)ON2C(=O)CCC2=O)CN1[13CH3]. The molecule has 29 heavy (non-hydrogen) atoms. The van der Waals surface area contributed by atoms with Crippen LogP contribution in [0.3, 0.4) is 0 Å². The zero-order valence-electron chi connectivity index (χ0n) is 17.1. The van der Waals surface area contributed by atoms with Gasteiger partial charge in [0, 0.05) is 51.5 Å². The second kappa shape index (κ2) is 10.3. The number of carbonyl (C=O) groups is 5. The lowest BCUT2D eigenvalue weighted by molar-refractivity contribution is -0.197. The third kappa shape index (κ3) is 6.50. The summed E-state index contributed by atoms with van der Waals surface area (Å²) < 4.78 is 0. The number of hydrogen-bond acceptors (Lipinski definition) is 8. The van der Waals surface area contributed by atoms with Gasteiger partial charge in [-0.3, -0.25) is 24.1 Å². The van der Waals surface area contributed by atoms with Crippen LogP contribution in [-0.2, 0) is 28.8 Å². The van der Waals surface area contributed by atoms with Crippen molar-refractivity contribution in [2.45, 2.75) is 44.7 Å². The molecule has 2 rings (SSSR count). The third-order valence-corrected chi connectivity index (χ3v) is 5.10. The normalized spacial score (nSPS) is 23.2. The van der Waals surface area contributed by atoms with Crippen LogP contribution in [0.1, 0.15) is 32.6 Å². The number of nitrogens with one attached hydrogen (secondary N) is 2. The lowest BCUT2D eigenvalue weighted by Crippen LogP contribution is -2.59. The molecule has 0 spiro atoms. The summed E-state index contributed by atoms with van der Waals surface area (Å²) in [6.45, 7) is 3.72. The fourth-order valence-electron chi connectivity index (χ4n) is 3.17. The van der Waals surface area contributed by atoms with Crippen LogP contribution >= 0.6 is 0 Å². The molecule has 0 bridgehead atoms. The summed E-state index contributed by atoms with van der Waals surface area (Å²) in [4.78, 5) is 67.4. The number of carbonyl (C=O) groups excluding carboxylic acids is 5. The number of piperazine rings is 1. The first-order valence-electron chi connectivity index (χ1n) is 9.70. The Bertz CT molecular complexity index is 653. The van der Waals surface area contributed by atoms with Crippen LogP contribution in [0.4, 0.5) is 0 Å². The van der Waals surface area contributed by atoms with E-state index in [2.05, 4.69) is 22.5 Å². The van der Waals surface area contributed by atoms with Gasteiger partial charge in [0.15, 0.2) is 0 Å². The Labute approximate surface area is 169 Å². The van der Waals surface area contributed by atoms with Crippen LogP contribution in [0.5, 0.6) is 0 Å². The Morgan fingerprint density at radius 1 is 0.966 bits per heavy atom. The molecule has 162 valence electrons. The number of hydroxylamine groups is 2. The molecule has 0 aromatic heterocycles. The minimum atomic E-state index is -0.777. The predicted octanol–water partition coefficient (Wildman–Crippen LogP) is -1.76. The molecule has 0 aliphatic carbocycles. The molecule has 11 nitrogen and oxygen atoms in total. The number of imide groups is 1. The molecule has 2 aliphatic heterocycles. The third-order valence-electron chi connectivity index (χ3n) is 5.10. The smallest absolute Gasteiger partial charge is 0.334 e. The highest BCUT2D eigenvalue weighted by molar-refractivity contribution is 6.01. The van der Waals surface area contributed by atoms with Crippen molar-refractivity contribution in [1.29, 1.82) is 0 Å².